The highest BCUT2D eigenvalue weighted by atomic mass is 32.2. The molecule has 1 aliphatic heterocycles. The van der Waals surface area contributed by atoms with E-state index in [0.717, 1.165) is 24.6 Å². The van der Waals surface area contributed by atoms with E-state index >= 15 is 0 Å². The van der Waals surface area contributed by atoms with Crippen molar-refractivity contribution in [1.82, 2.24) is 10.2 Å². The average Bonchev–Trinajstić information content (AvgIpc) is 2.90. The van der Waals surface area contributed by atoms with Crippen LogP contribution in [-0.2, 0) is 11.3 Å². The molecule has 18 heavy (non-hydrogen) atoms. The number of nitrogens with zero attached hydrogens (tertiary/aromatic N) is 1. The van der Waals surface area contributed by atoms with Crippen LogP contribution in [0, 0.1) is 0 Å². The molecule has 0 aromatic carbocycles. The van der Waals surface area contributed by atoms with E-state index in [2.05, 4.69) is 17.1 Å². The smallest absolute Gasteiger partial charge is 0.234 e. The van der Waals surface area contributed by atoms with Crippen LogP contribution in [0.4, 0.5) is 0 Å². The Morgan fingerprint density at radius 1 is 1.67 bits per heavy atom. The third-order valence-corrected chi connectivity index (χ3v) is 4.46. The summed E-state index contributed by atoms with van der Waals surface area (Å²) in [7, 11) is 0. The average molecular weight is 268 g/mol. The molecule has 0 bridgehead atoms. The molecule has 1 saturated heterocycles. The fourth-order valence-corrected chi connectivity index (χ4v) is 3.28. The van der Waals surface area contributed by atoms with Gasteiger partial charge in [-0.1, -0.05) is 6.92 Å². The van der Waals surface area contributed by atoms with E-state index in [4.69, 9.17) is 4.42 Å². The number of carbonyl (C=O) groups excluding carboxylic acids is 1. The van der Waals surface area contributed by atoms with Crippen molar-refractivity contribution in [3.8, 4) is 0 Å². The normalized spacial score (nSPS) is 20.8. The Bertz CT molecular complexity index is 367. The zero-order valence-electron chi connectivity index (χ0n) is 10.7. The van der Waals surface area contributed by atoms with Gasteiger partial charge in [0, 0.05) is 24.1 Å². The van der Waals surface area contributed by atoms with Crippen molar-refractivity contribution < 1.29 is 9.21 Å². The van der Waals surface area contributed by atoms with E-state index in [9.17, 15) is 4.79 Å². The van der Waals surface area contributed by atoms with Crippen molar-refractivity contribution in [2.45, 2.75) is 25.1 Å². The Morgan fingerprint density at radius 2 is 2.56 bits per heavy atom. The first-order valence-corrected chi connectivity index (χ1v) is 7.46. The number of hydrogen-bond donors (Lipinski definition) is 1. The number of furan rings is 1. The van der Waals surface area contributed by atoms with Crippen molar-refractivity contribution in [2.75, 3.05) is 25.4 Å². The number of nitrogens with one attached hydrogen (secondary N) is 1. The van der Waals surface area contributed by atoms with Gasteiger partial charge in [-0.3, -0.25) is 9.69 Å². The van der Waals surface area contributed by atoms with Crippen LogP contribution in [0.5, 0.6) is 0 Å². The summed E-state index contributed by atoms with van der Waals surface area (Å²) in [4.78, 5) is 14.0. The minimum absolute atomic E-state index is 0.0770. The molecule has 5 heteroatoms. The topological polar surface area (TPSA) is 45.5 Å². The second kappa shape index (κ2) is 6.85. The van der Waals surface area contributed by atoms with E-state index in [0.29, 0.717) is 18.3 Å². The summed E-state index contributed by atoms with van der Waals surface area (Å²) in [6.07, 6.45) is 2.80. The van der Waals surface area contributed by atoms with Crippen LogP contribution in [0.3, 0.4) is 0 Å². The Hall–Kier alpha value is -0.940. The van der Waals surface area contributed by atoms with Crippen LogP contribution in [0.25, 0.3) is 0 Å². The summed E-state index contributed by atoms with van der Waals surface area (Å²) >= 11 is 2.02. The van der Waals surface area contributed by atoms with Gasteiger partial charge >= 0.3 is 0 Å². The number of carbonyl (C=O) groups is 1. The van der Waals surface area contributed by atoms with Crippen molar-refractivity contribution in [3.05, 3.63) is 24.2 Å². The molecule has 2 heterocycles. The van der Waals surface area contributed by atoms with Crippen molar-refractivity contribution >= 4 is 17.7 Å². The molecular weight excluding hydrogens is 248 g/mol. The Labute approximate surface area is 112 Å². The van der Waals surface area contributed by atoms with Crippen LogP contribution in [0.1, 0.15) is 19.1 Å². The molecule has 1 aromatic heterocycles. The molecule has 2 rings (SSSR count). The molecule has 0 aliphatic carbocycles. The lowest BCUT2D eigenvalue weighted by molar-refractivity contribution is -0.122. The van der Waals surface area contributed by atoms with Crippen molar-refractivity contribution in [3.63, 3.8) is 0 Å². The summed E-state index contributed by atoms with van der Waals surface area (Å²) < 4.78 is 5.18. The van der Waals surface area contributed by atoms with Gasteiger partial charge in [-0.15, -0.1) is 0 Å². The first-order chi connectivity index (χ1) is 8.78. The standard InChI is InChI=1S/C13H20N2O2S/c1-2-12-9-15(5-7-18-12)10-13(16)14-8-11-4-3-6-17-11/h3-4,6,12H,2,5,7-10H2,1H3,(H,14,16)/t12-/m0/s1. The van der Waals surface area contributed by atoms with Gasteiger partial charge in [-0.25, -0.2) is 0 Å². The molecular formula is C13H20N2O2S. The molecule has 0 unspecified atom stereocenters. The minimum atomic E-state index is 0.0770. The first-order valence-electron chi connectivity index (χ1n) is 6.41. The lowest BCUT2D eigenvalue weighted by Crippen LogP contribution is -2.43. The number of amides is 1. The van der Waals surface area contributed by atoms with Gasteiger partial charge < -0.3 is 9.73 Å². The van der Waals surface area contributed by atoms with Gasteiger partial charge in [0.1, 0.15) is 5.76 Å². The zero-order chi connectivity index (χ0) is 12.8. The third-order valence-electron chi connectivity index (χ3n) is 3.09. The molecule has 1 fully saturated rings. The van der Waals surface area contributed by atoms with Crippen molar-refractivity contribution in [2.24, 2.45) is 0 Å². The Kier molecular flexibility index (Phi) is 5.13. The van der Waals surface area contributed by atoms with Gasteiger partial charge in [0.15, 0.2) is 0 Å². The lowest BCUT2D eigenvalue weighted by Gasteiger charge is -2.31. The molecule has 1 N–H and O–H groups in total. The molecule has 0 spiro atoms. The molecule has 100 valence electrons. The number of hydrogen-bond acceptors (Lipinski definition) is 4. The van der Waals surface area contributed by atoms with E-state index in [1.54, 1.807) is 6.26 Å². The highest BCUT2D eigenvalue weighted by Gasteiger charge is 2.20. The summed E-state index contributed by atoms with van der Waals surface area (Å²) in [5.41, 5.74) is 0. The van der Waals surface area contributed by atoms with Gasteiger partial charge in [-0.05, 0) is 18.6 Å². The molecule has 1 amide bonds. The van der Waals surface area contributed by atoms with Crippen LogP contribution < -0.4 is 5.32 Å². The van der Waals surface area contributed by atoms with Crippen LogP contribution in [0.15, 0.2) is 22.8 Å². The second-order valence-electron chi connectivity index (χ2n) is 4.49. The van der Waals surface area contributed by atoms with Gasteiger partial charge in [-0.2, -0.15) is 11.8 Å². The van der Waals surface area contributed by atoms with E-state index in [1.165, 1.54) is 6.42 Å². The monoisotopic (exact) mass is 268 g/mol. The fourth-order valence-electron chi connectivity index (χ4n) is 2.03. The molecule has 1 aliphatic rings. The highest BCUT2D eigenvalue weighted by molar-refractivity contribution is 8.00. The predicted octanol–water partition coefficient (Wildman–Crippen LogP) is 1.72. The molecule has 0 saturated carbocycles. The fraction of sp³-hybridized carbons (Fsp3) is 0.615. The summed E-state index contributed by atoms with van der Waals surface area (Å²) in [5, 5.41) is 3.56. The summed E-state index contributed by atoms with van der Waals surface area (Å²) in [5.74, 6) is 2.00. The summed E-state index contributed by atoms with van der Waals surface area (Å²) in [6, 6.07) is 3.69. The van der Waals surface area contributed by atoms with Gasteiger partial charge in [0.25, 0.3) is 0 Å². The Balaban J connectivity index is 1.70. The number of rotatable bonds is 5. The van der Waals surface area contributed by atoms with Crippen LogP contribution in [-0.4, -0.2) is 41.4 Å². The number of thioether (sulfide) groups is 1. The predicted molar refractivity (Wildman–Crippen MR) is 73.5 cm³/mol. The van der Waals surface area contributed by atoms with E-state index in [1.807, 2.05) is 23.9 Å². The SMILES string of the molecule is CC[C@H]1CN(CC(=O)NCc2ccco2)CCS1. The second-order valence-corrected chi connectivity index (χ2v) is 5.90. The summed E-state index contributed by atoms with van der Waals surface area (Å²) in [6.45, 7) is 5.21. The van der Waals surface area contributed by atoms with Gasteiger partial charge in [0.05, 0.1) is 19.4 Å². The molecule has 1 atom stereocenters. The zero-order valence-corrected chi connectivity index (χ0v) is 11.5. The quantitative estimate of drug-likeness (QED) is 0.883. The van der Waals surface area contributed by atoms with Crippen LogP contribution >= 0.6 is 11.8 Å². The van der Waals surface area contributed by atoms with E-state index in [-0.39, 0.29) is 5.91 Å². The Morgan fingerprint density at radius 3 is 3.28 bits per heavy atom. The maximum atomic E-state index is 11.8. The molecule has 4 nitrogen and oxygen atoms in total. The maximum absolute atomic E-state index is 11.8. The largest absolute Gasteiger partial charge is 0.467 e. The lowest BCUT2D eigenvalue weighted by atomic mass is 10.3. The molecule has 1 aromatic rings. The minimum Gasteiger partial charge on any atom is -0.467 e. The van der Waals surface area contributed by atoms with Crippen molar-refractivity contribution in [1.29, 1.82) is 0 Å². The first kappa shape index (κ1) is 13.5. The highest BCUT2D eigenvalue weighted by Crippen LogP contribution is 2.20. The van der Waals surface area contributed by atoms with Crippen LogP contribution in [0.2, 0.25) is 0 Å². The maximum Gasteiger partial charge on any atom is 0.234 e. The van der Waals surface area contributed by atoms with E-state index < -0.39 is 0 Å². The molecule has 0 radical (unpaired) electrons. The third kappa shape index (κ3) is 4.07. The van der Waals surface area contributed by atoms with Gasteiger partial charge in [0.2, 0.25) is 5.91 Å².